The van der Waals surface area contributed by atoms with Crippen LogP contribution in [-0.2, 0) is 0 Å². The third kappa shape index (κ3) is 5.45. The lowest BCUT2D eigenvalue weighted by Gasteiger charge is -2.12. The number of hydrogen-bond acceptors (Lipinski definition) is 4. The molecule has 11 aromatic rings. The van der Waals surface area contributed by atoms with Gasteiger partial charge in [0.2, 0.25) is 0 Å². The molecule has 0 spiro atoms. The largest absolute Gasteiger partial charge is 0.456 e. The minimum absolute atomic E-state index is 0.387. The van der Waals surface area contributed by atoms with E-state index in [9.17, 15) is 16.4 Å². The summed E-state index contributed by atoms with van der Waals surface area (Å²) in [5.74, 6) is -2.82. The van der Waals surface area contributed by atoms with Crippen LogP contribution < -0.4 is 0 Å². The smallest absolute Gasteiger partial charge is 0.164 e. The monoisotopic (exact) mass is 747 g/mol. The molecule has 0 unspecified atom stereocenters. The van der Waals surface area contributed by atoms with Gasteiger partial charge < -0.3 is 8.98 Å². The summed E-state index contributed by atoms with van der Waals surface area (Å²) in [6.45, 7) is 0. The zero-order valence-electron chi connectivity index (χ0n) is 58.8. The lowest BCUT2D eigenvalue weighted by molar-refractivity contribution is 0.669. The first-order chi connectivity index (χ1) is 40.6. The number of hydrogen-bond donors (Lipinski definition) is 0. The molecule has 56 heavy (non-hydrogen) atoms. The van der Waals surface area contributed by atoms with Gasteiger partial charge in [0.15, 0.2) is 17.5 Å². The molecular formula is C51H32N4O. The molecule has 3 heterocycles. The van der Waals surface area contributed by atoms with Crippen molar-refractivity contribution < 1.29 is 46.9 Å². The zero-order valence-corrected chi connectivity index (χ0v) is 27.8. The van der Waals surface area contributed by atoms with Crippen molar-refractivity contribution in [2.45, 2.75) is 0 Å². The van der Waals surface area contributed by atoms with Crippen LogP contribution >= 0.6 is 0 Å². The Bertz CT molecular complexity index is 5050. The van der Waals surface area contributed by atoms with Crippen LogP contribution in [0.1, 0.15) is 42.5 Å². The maximum Gasteiger partial charge on any atom is 0.164 e. The van der Waals surface area contributed by atoms with Gasteiger partial charge in [-0.3, -0.25) is 0 Å². The van der Waals surface area contributed by atoms with Crippen molar-refractivity contribution >= 4 is 43.7 Å². The van der Waals surface area contributed by atoms with Gasteiger partial charge in [-0.05, 0) is 70.6 Å². The van der Waals surface area contributed by atoms with Crippen molar-refractivity contribution in [3.63, 3.8) is 0 Å². The van der Waals surface area contributed by atoms with Gasteiger partial charge in [-0.2, -0.15) is 0 Å². The molecule has 11 rings (SSSR count). The molecule has 0 bridgehead atoms. The van der Waals surface area contributed by atoms with Crippen molar-refractivity contribution in [3.05, 3.63) is 193 Å². The Kier molecular flexibility index (Phi) is 3.17. The fourth-order valence-electron chi connectivity index (χ4n) is 5.92. The van der Waals surface area contributed by atoms with Crippen LogP contribution in [-0.4, -0.2) is 19.5 Å². The fraction of sp³-hybridized carbons (Fsp3) is 0. The van der Waals surface area contributed by atoms with E-state index in [1.807, 2.05) is 0 Å². The van der Waals surface area contributed by atoms with Crippen molar-refractivity contribution in [1.29, 1.82) is 0 Å². The second kappa shape index (κ2) is 13.0. The normalized spacial score (nSPS) is 19.3. The second-order valence-electron chi connectivity index (χ2n) is 11.7. The van der Waals surface area contributed by atoms with Crippen LogP contribution in [0.25, 0.3) is 106 Å². The van der Waals surface area contributed by atoms with E-state index in [0.717, 1.165) is 6.07 Å². The third-order valence-corrected chi connectivity index (χ3v) is 8.38. The number of para-hydroxylation sites is 2. The van der Waals surface area contributed by atoms with Crippen LogP contribution in [0.3, 0.4) is 0 Å². The summed E-state index contributed by atoms with van der Waals surface area (Å²) in [5, 5.41) is -2.12. The Balaban J connectivity index is 1.31. The molecule has 0 radical (unpaired) electrons. The lowest BCUT2D eigenvalue weighted by Crippen LogP contribution is -2.00. The van der Waals surface area contributed by atoms with Crippen LogP contribution in [0.5, 0.6) is 0 Å². The zero-order chi connectivity index (χ0) is 64.0. The van der Waals surface area contributed by atoms with E-state index in [1.165, 1.54) is 0 Å². The summed E-state index contributed by atoms with van der Waals surface area (Å²) in [4.78, 5) is 13.0. The Morgan fingerprint density at radius 1 is 0.357 bits per heavy atom. The number of benzene rings is 8. The first kappa shape index (κ1) is 13.6. The topological polar surface area (TPSA) is 56.7 Å². The molecular weight excluding hydrogens is 685 g/mol. The van der Waals surface area contributed by atoms with E-state index >= 15 is 0 Å². The van der Waals surface area contributed by atoms with Gasteiger partial charge >= 0.3 is 0 Å². The molecule has 0 saturated heterocycles. The molecule has 0 saturated carbocycles. The third-order valence-electron chi connectivity index (χ3n) is 8.38. The number of aromatic nitrogens is 4. The molecule has 5 heteroatoms. The number of nitrogens with zero attached hydrogens (tertiary/aromatic N) is 4. The van der Waals surface area contributed by atoms with E-state index in [2.05, 4.69) is 15.0 Å². The Hall–Kier alpha value is -7.63. The molecule has 0 atom stereocenters. The van der Waals surface area contributed by atoms with Gasteiger partial charge in [0, 0.05) is 43.9 Å². The molecule has 0 fully saturated rings. The van der Waals surface area contributed by atoms with Crippen LogP contribution in [0.4, 0.5) is 0 Å². The minimum atomic E-state index is -1.10. The highest BCUT2D eigenvalue weighted by atomic mass is 16.3. The summed E-state index contributed by atoms with van der Waals surface area (Å²) in [5.41, 5.74) is -9.04. The van der Waals surface area contributed by atoms with Crippen LogP contribution in [0.2, 0.25) is 0 Å². The number of rotatable bonds is 6. The summed E-state index contributed by atoms with van der Waals surface area (Å²) >= 11 is 0. The van der Waals surface area contributed by atoms with Crippen molar-refractivity contribution in [1.82, 2.24) is 19.5 Å². The fourth-order valence-corrected chi connectivity index (χ4v) is 5.92. The average Bonchev–Trinajstić information content (AvgIpc) is 1.60. The summed E-state index contributed by atoms with van der Waals surface area (Å²) < 4.78 is 283. The Labute approximate surface area is 366 Å². The summed E-state index contributed by atoms with van der Waals surface area (Å²) in [7, 11) is 0. The number of furan rings is 1. The van der Waals surface area contributed by atoms with Crippen molar-refractivity contribution in [2.75, 3.05) is 0 Å². The predicted octanol–water partition coefficient (Wildman–Crippen LogP) is 13.2. The van der Waals surface area contributed by atoms with E-state index in [1.54, 1.807) is 0 Å². The predicted molar refractivity (Wildman–Crippen MR) is 229 cm³/mol. The lowest BCUT2D eigenvalue weighted by atomic mass is 10.0. The van der Waals surface area contributed by atoms with Gasteiger partial charge in [-0.25, -0.2) is 15.0 Å². The van der Waals surface area contributed by atoms with Crippen LogP contribution in [0, 0.1) is 0 Å². The maximum absolute atomic E-state index is 10.1. The standard InChI is InChI=1S/C51H32N4O/c1-3-13-33(14-4-1)35-17-11-19-38(29-35)50-52-49(34-15-5-2-6-16-34)53-51(54-50)39-26-27-42-41-21-7-9-23-45(41)55(46(42)31-39)40-20-12-18-36(30-40)37-25-28-44-43-22-8-10-24-47(43)56-48(44)32-37/h1-32H/i1D,2D,3D,4D,5D,6D,7D,8D,9D,10D,11D,12D,13D,15D,16D,17D,18D,19D,20D,21D,22D,23D,24D,25D,26D,27D,28D,29D,30D,31D,32D. The molecule has 8 aromatic carbocycles. The van der Waals surface area contributed by atoms with E-state index in [4.69, 9.17) is 30.5 Å². The molecule has 3 aromatic heterocycles. The van der Waals surface area contributed by atoms with E-state index in [0.29, 0.717) is 4.57 Å². The molecule has 0 aliphatic heterocycles. The van der Waals surface area contributed by atoms with Gasteiger partial charge in [0.25, 0.3) is 0 Å². The first-order valence-electron chi connectivity index (χ1n) is 31.7. The Morgan fingerprint density at radius 2 is 0.911 bits per heavy atom. The second-order valence-corrected chi connectivity index (χ2v) is 11.7. The minimum Gasteiger partial charge on any atom is -0.456 e. The van der Waals surface area contributed by atoms with Crippen LogP contribution in [0.15, 0.2) is 198 Å². The van der Waals surface area contributed by atoms with Crippen molar-refractivity contribution in [3.8, 4) is 62.1 Å². The maximum atomic E-state index is 10.1. The highest BCUT2D eigenvalue weighted by Crippen LogP contribution is 2.37. The van der Waals surface area contributed by atoms with E-state index in [-0.39, 0.29) is 5.39 Å². The van der Waals surface area contributed by atoms with Gasteiger partial charge in [-0.15, -0.1) is 0 Å². The van der Waals surface area contributed by atoms with Gasteiger partial charge in [0.05, 0.1) is 53.5 Å². The molecule has 262 valence electrons. The molecule has 0 amide bonds. The summed E-state index contributed by atoms with van der Waals surface area (Å²) in [6.07, 6.45) is 0. The highest BCUT2D eigenvalue weighted by molar-refractivity contribution is 6.10. The molecule has 5 nitrogen and oxygen atoms in total. The average molecular weight is 748 g/mol. The quantitative estimate of drug-likeness (QED) is 0.170. The van der Waals surface area contributed by atoms with Crippen molar-refractivity contribution in [2.24, 2.45) is 0 Å². The molecule has 0 N–H and O–H groups in total. The first-order valence-corrected chi connectivity index (χ1v) is 16.2. The van der Waals surface area contributed by atoms with Gasteiger partial charge in [0.1, 0.15) is 11.2 Å². The Morgan fingerprint density at radius 3 is 1.77 bits per heavy atom. The highest BCUT2D eigenvalue weighted by Gasteiger charge is 2.18. The van der Waals surface area contributed by atoms with Gasteiger partial charge in [-0.1, -0.05) is 145 Å². The van der Waals surface area contributed by atoms with E-state index < -0.39 is 288 Å². The summed E-state index contributed by atoms with van der Waals surface area (Å²) in [6, 6.07) is -27.6. The molecule has 0 aliphatic rings. The SMILES string of the molecule is [2H]c1cc(-c2c([2H])c([2H])c([2H])c(-c3nc(-c4c([2H])c([2H])c([2H])c([2H])c4[2H])nc(-c4c([2H])c([2H])c5c6c([2H])c([2H])c([2H])c([2H])c6n(-c6c([2H])c([2H])c([2H])c(-c7c([2H])c([2H])c8c(oc9c([2H])c([2H])c([2H])c([2H])c98)c7[2H])c6[2H])c5c4[2H])n3)c2[2H])c([2H])c([2H])c1[2H]. The molecule has 0 aliphatic carbocycles. The number of fused-ring (bicyclic) bond motifs is 6.